The molecule has 0 bridgehead atoms. The summed E-state index contributed by atoms with van der Waals surface area (Å²) in [5, 5.41) is 3.23. The number of anilines is 1. The number of benzene rings is 2. The molecule has 4 rings (SSSR count). The van der Waals surface area contributed by atoms with Crippen molar-refractivity contribution in [2.45, 2.75) is 0 Å². The van der Waals surface area contributed by atoms with Crippen LogP contribution in [0.4, 0.5) is 5.69 Å². The van der Waals surface area contributed by atoms with Gasteiger partial charge in [0, 0.05) is 17.8 Å². The zero-order valence-electron chi connectivity index (χ0n) is 13.1. The number of halogens is 1. The Morgan fingerprint density at radius 3 is 2.72 bits per heavy atom. The zero-order chi connectivity index (χ0) is 17.2. The summed E-state index contributed by atoms with van der Waals surface area (Å²) in [7, 11) is 0. The van der Waals surface area contributed by atoms with Crippen molar-refractivity contribution < 1.29 is 23.7 Å². The molecule has 1 amide bonds. The molecule has 128 valence electrons. The molecule has 0 saturated carbocycles. The minimum atomic E-state index is -0.273. The maximum atomic E-state index is 12.1. The molecular weight excluding hydrogens is 346 g/mol. The van der Waals surface area contributed by atoms with Crippen LogP contribution in [0.3, 0.4) is 0 Å². The Hall–Kier alpha value is -2.86. The van der Waals surface area contributed by atoms with Crippen molar-refractivity contribution >= 4 is 29.3 Å². The molecule has 0 saturated heterocycles. The Morgan fingerprint density at radius 1 is 1.00 bits per heavy atom. The molecule has 6 nitrogen and oxygen atoms in total. The number of fused-ring (bicyclic) bond motifs is 2. The predicted octanol–water partition coefficient (Wildman–Crippen LogP) is 3.49. The summed E-state index contributed by atoms with van der Waals surface area (Å²) in [6.07, 6.45) is 3.08. The predicted molar refractivity (Wildman–Crippen MR) is 92.7 cm³/mol. The van der Waals surface area contributed by atoms with Gasteiger partial charge in [0.1, 0.15) is 13.2 Å². The van der Waals surface area contributed by atoms with Crippen LogP contribution >= 0.6 is 11.6 Å². The second-order valence-electron chi connectivity index (χ2n) is 5.42. The lowest BCUT2D eigenvalue weighted by molar-refractivity contribution is -0.111. The molecule has 2 aromatic carbocycles. The van der Waals surface area contributed by atoms with E-state index in [1.807, 2.05) is 0 Å². The highest BCUT2D eigenvalue weighted by Gasteiger charge is 2.17. The van der Waals surface area contributed by atoms with Gasteiger partial charge in [-0.05, 0) is 35.9 Å². The van der Waals surface area contributed by atoms with Gasteiger partial charge in [-0.15, -0.1) is 0 Å². The van der Waals surface area contributed by atoms with Gasteiger partial charge in [0.25, 0.3) is 0 Å². The van der Waals surface area contributed by atoms with Crippen molar-refractivity contribution in [2.24, 2.45) is 0 Å². The van der Waals surface area contributed by atoms with Crippen LogP contribution in [0.25, 0.3) is 6.08 Å². The van der Waals surface area contributed by atoms with Crippen LogP contribution in [0, 0.1) is 0 Å². The smallest absolute Gasteiger partial charge is 0.248 e. The second-order valence-corrected chi connectivity index (χ2v) is 5.82. The van der Waals surface area contributed by atoms with Crippen LogP contribution < -0.4 is 24.3 Å². The Balaban J connectivity index is 1.45. The Kier molecular flexibility index (Phi) is 4.11. The van der Waals surface area contributed by atoms with E-state index in [1.165, 1.54) is 6.08 Å². The minimum absolute atomic E-state index is 0.146. The number of carbonyl (C=O) groups is 1. The molecule has 0 fully saturated rings. The van der Waals surface area contributed by atoms with Gasteiger partial charge in [0.15, 0.2) is 23.0 Å². The van der Waals surface area contributed by atoms with Gasteiger partial charge in [0.05, 0.1) is 5.02 Å². The summed E-state index contributed by atoms with van der Waals surface area (Å²) >= 11 is 6.12. The van der Waals surface area contributed by atoms with Crippen LogP contribution in [-0.2, 0) is 4.79 Å². The molecule has 0 aromatic heterocycles. The molecule has 7 heteroatoms. The molecule has 2 aliphatic heterocycles. The summed E-state index contributed by atoms with van der Waals surface area (Å²) < 4.78 is 21.5. The minimum Gasteiger partial charge on any atom is -0.486 e. The summed E-state index contributed by atoms with van der Waals surface area (Å²) in [6.45, 7) is 1.17. The van der Waals surface area contributed by atoms with E-state index in [9.17, 15) is 4.79 Å². The van der Waals surface area contributed by atoms with Gasteiger partial charge >= 0.3 is 0 Å². The van der Waals surface area contributed by atoms with E-state index in [2.05, 4.69) is 5.32 Å². The zero-order valence-corrected chi connectivity index (χ0v) is 13.8. The molecule has 0 radical (unpaired) electrons. The largest absolute Gasteiger partial charge is 0.486 e. The maximum Gasteiger partial charge on any atom is 0.248 e. The fourth-order valence-corrected chi connectivity index (χ4v) is 2.83. The first kappa shape index (κ1) is 15.7. The topological polar surface area (TPSA) is 66.0 Å². The molecule has 2 aromatic rings. The molecule has 2 aliphatic rings. The van der Waals surface area contributed by atoms with Crippen molar-refractivity contribution in [1.82, 2.24) is 0 Å². The van der Waals surface area contributed by atoms with E-state index in [-0.39, 0.29) is 12.7 Å². The second kappa shape index (κ2) is 6.57. The van der Waals surface area contributed by atoms with Crippen LogP contribution in [0.1, 0.15) is 5.56 Å². The Labute approximate surface area is 148 Å². The van der Waals surface area contributed by atoms with Gasteiger partial charge < -0.3 is 24.3 Å². The molecule has 0 unspecified atom stereocenters. The number of amides is 1. The van der Waals surface area contributed by atoms with Crippen LogP contribution in [-0.4, -0.2) is 25.9 Å². The van der Waals surface area contributed by atoms with Crippen molar-refractivity contribution in [3.8, 4) is 23.0 Å². The molecule has 2 heterocycles. The number of rotatable bonds is 3. The number of hydrogen-bond donors (Lipinski definition) is 1. The normalized spacial score (nSPS) is 14.6. The molecule has 0 aliphatic carbocycles. The Bertz CT molecular complexity index is 865. The Morgan fingerprint density at radius 2 is 1.84 bits per heavy atom. The highest BCUT2D eigenvalue weighted by Crippen LogP contribution is 2.40. The molecule has 0 spiro atoms. The number of carbonyl (C=O) groups excluding carboxylic acids is 1. The third-order valence-electron chi connectivity index (χ3n) is 3.69. The number of nitrogens with one attached hydrogen (secondary N) is 1. The van der Waals surface area contributed by atoms with Crippen LogP contribution in [0.15, 0.2) is 36.4 Å². The lowest BCUT2D eigenvalue weighted by Crippen LogP contribution is -2.16. The maximum absolute atomic E-state index is 12.1. The van der Waals surface area contributed by atoms with Crippen molar-refractivity contribution in [3.05, 3.63) is 47.0 Å². The van der Waals surface area contributed by atoms with E-state index < -0.39 is 0 Å². The number of ether oxygens (including phenoxy) is 4. The lowest BCUT2D eigenvalue weighted by atomic mass is 10.2. The standard InChI is InChI=1S/C18H14ClNO5/c19-13-7-11(8-16-18(13)25-10-24-16)1-4-17(21)20-12-2-3-14-15(9-12)23-6-5-22-14/h1-4,7-9H,5-6,10H2,(H,20,21)/b4-1+. The van der Waals surface area contributed by atoms with Gasteiger partial charge in [-0.3, -0.25) is 4.79 Å². The summed E-state index contributed by atoms with van der Waals surface area (Å²) in [4.78, 5) is 12.1. The van der Waals surface area contributed by atoms with E-state index in [0.29, 0.717) is 46.9 Å². The third-order valence-corrected chi connectivity index (χ3v) is 3.97. The highest BCUT2D eigenvalue weighted by atomic mass is 35.5. The van der Waals surface area contributed by atoms with E-state index in [1.54, 1.807) is 36.4 Å². The average Bonchev–Trinajstić information content (AvgIpc) is 3.09. The van der Waals surface area contributed by atoms with E-state index in [4.69, 9.17) is 30.5 Å². The van der Waals surface area contributed by atoms with Crippen molar-refractivity contribution in [3.63, 3.8) is 0 Å². The van der Waals surface area contributed by atoms with Crippen molar-refractivity contribution in [2.75, 3.05) is 25.3 Å². The van der Waals surface area contributed by atoms with Gasteiger partial charge in [0.2, 0.25) is 12.7 Å². The van der Waals surface area contributed by atoms with Crippen LogP contribution in [0.2, 0.25) is 5.02 Å². The first-order valence-electron chi connectivity index (χ1n) is 7.67. The summed E-state index contributed by atoms with van der Waals surface area (Å²) in [6, 6.07) is 8.74. The highest BCUT2D eigenvalue weighted by molar-refractivity contribution is 6.32. The van der Waals surface area contributed by atoms with Gasteiger partial charge in [-0.25, -0.2) is 0 Å². The third kappa shape index (κ3) is 3.34. The van der Waals surface area contributed by atoms with Crippen LogP contribution in [0.5, 0.6) is 23.0 Å². The van der Waals surface area contributed by atoms with Crippen molar-refractivity contribution in [1.29, 1.82) is 0 Å². The monoisotopic (exact) mass is 359 g/mol. The molecular formula is C18H14ClNO5. The van der Waals surface area contributed by atoms with Gasteiger partial charge in [-0.1, -0.05) is 11.6 Å². The number of hydrogen-bond acceptors (Lipinski definition) is 5. The SMILES string of the molecule is O=C(/C=C/c1cc(Cl)c2c(c1)OCO2)Nc1ccc2c(c1)OCCO2. The lowest BCUT2D eigenvalue weighted by Gasteiger charge is -2.18. The quantitative estimate of drug-likeness (QED) is 0.850. The fraction of sp³-hybridized carbons (Fsp3) is 0.167. The fourth-order valence-electron chi connectivity index (χ4n) is 2.56. The first-order valence-corrected chi connectivity index (χ1v) is 8.05. The van der Waals surface area contributed by atoms with E-state index >= 15 is 0 Å². The summed E-state index contributed by atoms with van der Waals surface area (Å²) in [5.41, 5.74) is 1.37. The average molecular weight is 360 g/mol. The summed E-state index contributed by atoms with van der Waals surface area (Å²) in [5.74, 6) is 2.12. The van der Waals surface area contributed by atoms with Gasteiger partial charge in [-0.2, -0.15) is 0 Å². The molecule has 0 atom stereocenters. The molecule has 25 heavy (non-hydrogen) atoms. The van der Waals surface area contributed by atoms with E-state index in [0.717, 1.165) is 5.56 Å². The first-order chi connectivity index (χ1) is 12.2. The molecule has 1 N–H and O–H groups in total.